The van der Waals surface area contributed by atoms with Gasteiger partial charge in [-0.25, -0.2) is 4.39 Å². The Kier molecular flexibility index (Phi) is 4.43. The Morgan fingerprint density at radius 3 is 1.84 bits per heavy atom. The summed E-state index contributed by atoms with van der Waals surface area (Å²) in [5.74, 6) is 0. The summed E-state index contributed by atoms with van der Waals surface area (Å²) in [6.07, 6.45) is -13.5. The van der Waals surface area contributed by atoms with Gasteiger partial charge in [-0.3, -0.25) is 0 Å². The van der Waals surface area contributed by atoms with Crippen LogP contribution in [0.2, 0.25) is 0 Å². The first-order valence-corrected chi connectivity index (χ1v) is 6.03. The second-order valence-corrected chi connectivity index (χ2v) is 5.35. The predicted molar refractivity (Wildman–Crippen MR) is 63.4 cm³/mol. The minimum absolute atomic E-state index is 0.237. The number of alkyl halides is 7. The predicted octanol–water partition coefficient (Wildman–Crippen LogP) is 5.28. The van der Waals surface area contributed by atoms with Crippen molar-refractivity contribution in [1.82, 2.24) is 0 Å². The summed E-state index contributed by atoms with van der Waals surface area (Å²) in [5, 5.41) is 0. The molecule has 19 heavy (non-hydrogen) atoms. The van der Waals surface area contributed by atoms with Crippen LogP contribution >= 0.6 is 22.6 Å². The SMILES string of the molecule is Cc1cc(I)cc(C(F)(CC(F)(F)F)C(F)(F)F)c1. The van der Waals surface area contributed by atoms with Crippen molar-refractivity contribution < 1.29 is 30.7 Å². The Hall–Kier alpha value is -0.540. The molecular weight excluding hydrogens is 392 g/mol. The molecule has 0 aliphatic heterocycles. The van der Waals surface area contributed by atoms with Crippen LogP contribution in [0, 0.1) is 10.5 Å². The first-order chi connectivity index (χ1) is 8.35. The summed E-state index contributed by atoms with van der Waals surface area (Å²) in [7, 11) is 0. The van der Waals surface area contributed by atoms with E-state index in [0.29, 0.717) is 0 Å². The lowest BCUT2D eigenvalue weighted by Crippen LogP contribution is -2.42. The normalized spacial score (nSPS) is 16.3. The topological polar surface area (TPSA) is 0 Å². The second kappa shape index (κ2) is 5.10. The van der Waals surface area contributed by atoms with Crippen molar-refractivity contribution >= 4 is 22.6 Å². The van der Waals surface area contributed by atoms with Gasteiger partial charge < -0.3 is 0 Å². The van der Waals surface area contributed by atoms with Crippen LogP contribution in [0.1, 0.15) is 17.5 Å². The minimum Gasteiger partial charge on any atom is -0.228 e. The lowest BCUT2D eigenvalue weighted by atomic mass is 9.90. The fourth-order valence-electron chi connectivity index (χ4n) is 1.61. The minimum atomic E-state index is -5.64. The van der Waals surface area contributed by atoms with Gasteiger partial charge >= 0.3 is 12.4 Å². The first kappa shape index (κ1) is 16.5. The molecule has 8 heteroatoms. The van der Waals surface area contributed by atoms with Gasteiger partial charge in [-0.15, -0.1) is 0 Å². The van der Waals surface area contributed by atoms with Crippen LogP contribution in [0.25, 0.3) is 0 Å². The number of hydrogen-bond donors (Lipinski definition) is 0. The van der Waals surface area contributed by atoms with E-state index in [0.717, 1.165) is 12.1 Å². The van der Waals surface area contributed by atoms with E-state index in [4.69, 9.17) is 0 Å². The lowest BCUT2D eigenvalue weighted by Gasteiger charge is -2.29. The van der Waals surface area contributed by atoms with Crippen LogP contribution in [0.3, 0.4) is 0 Å². The Balaban J connectivity index is 3.40. The van der Waals surface area contributed by atoms with Crippen LogP contribution in [-0.4, -0.2) is 12.4 Å². The van der Waals surface area contributed by atoms with Gasteiger partial charge in [0.1, 0.15) is 0 Å². The molecule has 0 heterocycles. The van der Waals surface area contributed by atoms with E-state index in [1.54, 1.807) is 22.6 Å². The van der Waals surface area contributed by atoms with E-state index >= 15 is 0 Å². The Morgan fingerprint density at radius 2 is 1.47 bits per heavy atom. The van der Waals surface area contributed by atoms with Gasteiger partial charge in [0.2, 0.25) is 5.67 Å². The van der Waals surface area contributed by atoms with Crippen molar-refractivity contribution in [3.63, 3.8) is 0 Å². The molecule has 0 spiro atoms. The molecule has 1 aromatic rings. The van der Waals surface area contributed by atoms with E-state index in [9.17, 15) is 30.7 Å². The maximum atomic E-state index is 14.0. The highest BCUT2D eigenvalue weighted by molar-refractivity contribution is 14.1. The van der Waals surface area contributed by atoms with Crippen molar-refractivity contribution in [3.8, 4) is 0 Å². The molecule has 0 bridgehead atoms. The zero-order valence-electron chi connectivity index (χ0n) is 9.46. The summed E-state index contributed by atoms with van der Waals surface area (Å²) in [6, 6.07) is 2.99. The van der Waals surface area contributed by atoms with Crippen LogP contribution < -0.4 is 0 Å². The summed E-state index contributed by atoms with van der Waals surface area (Å²) in [6.45, 7) is 1.38. The molecule has 0 amide bonds. The molecule has 0 saturated heterocycles. The molecule has 0 nitrogen and oxygen atoms in total. The molecular formula is C11H8F7I. The Bertz CT molecular complexity index is 443. The summed E-state index contributed by atoms with van der Waals surface area (Å²) in [5.41, 5.74) is -5.20. The van der Waals surface area contributed by atoms with Crippen LogP contribution in [0.4, 0.5) is 30.7 Å². The third-order valence-electron chi connectivity index (χ3n) is 2.39. The number of halogens is 8. The third kappa shape index (κ3) is 3.96. The standard InChI is InChI=1S/C11H8F7I/c1-6-2-7(4-8(19)3-6)9(12,11(16,17)18)5-10(13,14)15/h2-4H,5H2,1H3. The van der Waals surface area contributed by atoms with E-state index < -0.39 is 30.0 Å². The lowest BCUT2D eigenvalue weighted by molar-refractivity contribution is -0.273. The second-order valence-electron chi connectivity index (χ2n) is 4.11. The highest BCUT2D eigenvalue weighted by atomic mass is 127. The molecule has 1 atom stereocenters. The molecule has 108 valence electrons. The summed E-state index contributed by atoms with van der Waals surface area (Å²) >= 11 is 1.62. The largest absolute Gasteiger partial charge is 0.427 e. The summed E-state index contributed by atoms with van der Waals surface area (Å²) in [4.78, 5) is 0. The van der Waals surface area contributed by atoms with Gasteiger partial charge in [0.15, 0.2) is 0 Å². The molecule has 1 aromatic carbocycles. The van der Waals surface area contributed by atoms with Crippen LogP contribution in [0.15, 0.2) is 18.2 Å². The van der Waals surface area contributed by atoms with Gasteiger partial charge in [0.25, 0.3) is 0 Å². The van der Waals surface area contributed by atoms with Crippen molar-refractivity contribution in [2.75, 3.05) is 0 Å². The zero-order valence-corrected chi connectivity index (χ0v) is 11.6. The highest BCUT2D eigenvalue weighted by Gasteiger charge is 2.62. The molecule has 1 rings (SSSR count). The maximum Gasteiger partial charge on any atom is 0.427 e. The van der Waals surface area contributed by atoms with E-state index in [1.165, 1.54) is 13.0 Å². The average molecular weight is 400 g/mol. The quantitative estimate of drug-likeness (QED) is 0.468. The number of benzene rings is 1. The average Bonchev–Trinajstić information content (AvgIpc) is 2.11. The Morgan fingerprint density at radius 1 is 0.947 bits per heavy atom. The number of hydrogen-bond acceptors (Lipinski definition) is 0. The van der Waals surface area contributed by atoms with E-state index in [-0.39, 0.29) is 9.13 Å². The molecule has 0 N–H and O–H groups in total. The van der Waals surface area contributed by atoms with Gasteiger partial charge in [-0.1, -0.05) is 6.07 Å². The van der Waals surface area contributed by atoms with Gasteiger partial charge in [0, 0.05) is 3.57 Å². The van der Waals surface area contributed by atoms with Gasteiger partial charge in [-0.05, 0) is 52.8 Å². The molecule has 0 saturated carbocycles. The van der Waals surface area contributed by atoms with Crippen molar-refractivity contribution in [3.05, 3.63) is 32.9 Å². The van der Waals surface area contributed by atoms with Crippen molar-refractivity contribution in [2.45, 2.75) is 31.4 Å². The highest BCUT2D eigenvalue weighted by Crippen LogP contribution is 2.49. The third-order valence-corrected chi connectivity index (χ3v) is 3.02. The van der Waals surface area contributed by atoms with Crippen LogP contribution in [0.5, 0.6) is 0 Å². The van der Waals surface area contributed by atoms with Gasteiger partial charge in [0.05, 0.1) is 6.42 Å². The van der Waals surface area contributed by atoms with E-state index in [1.807, 2.05) is 0 Å². The number of aryl methyl sites for hydroxylation is 1. The fourth-order valence-corrected chi connectivity index (χ4v) is 2.43. The first-order valence-electron chi connectivity index (χ1n) is 4.95. The zero-order chi connectivity index (χ0) is 15.1. The molecule has 1 unspecified atom stereocenters. The van der Waals surface area contributed by atoms with Crippen molar-refractivity contribution in [2.24, 2.45) is 0 Å². The molecule has 0 aliphatic rings. The molecule has 0 aliphatic carbocycles. The molecule has 0 fully saturated rings. The number of rotatable bonds is 2. The molecule has 0 radical (unpaired) electrons. The van der Waals surface area contributed by atoms with E-state index in [2.05, 4.69) is 0 Å². The van der Waals surface area contributed by atoms with Crippen molar-refractivity contribution in [1.29, 1.82) is 0 Å². The summed E-state index contributed by atoms with van der Waals surface area (Å²) < 4.78 is 89.1. The van der Waals surface area contributed by atoms with Gasteiger partial charge in [-0.2, -0.15) is 26.3 Å². The van der Waals surface area contributed by atoms with Crippen LogP contribution in [-0.2, 0) is 5.67 Å². The monoisotopic (exact) mass is 400 g/mol. The molecule has 0 aromatic heterocycles. The Labute approximate surface area is 118 Å². The fraction of sp³-hybridized carbons (Fsp3) is 0.455. The maximum absolute atomic E-state index is 14.0. The smallest absolute Gasteiger partial charge is 0.228 e.